The number of hydrogen-bond acceptors (Lipinski definition) is 3. The zero-order valence-electron chi connectivity index (χ0n) is 16.3. The molecule has 7 aliphatic rings. The monoisotopic (exact) mass is 372 g/mol. The molecule has 3 aliphatic heterocycles. The number of carbonyl (C=O) groups excluding carboxylic acids is 2. The van der Waals surface area contributed by atoms with Gasteiger partial charge < -0.3 is 14.5 Å². The lowest BCUT2D eigenvalue weighted by molar-refractivity contribution is -0.157. The van der Waals surface area contributed by atoms with Crippen LogP contribution in [0.4, 0.5) is 0 Å². The van der Waals surface area contributed by atoms with Crippen LogP contribution in [0.25, 0.3) is 0 Å². The molecule has 2 amide bonds. The van der Waals surface area contributed by atoms with Gasteiger partial charge in [0.05, 0.1) is 18.1 Å². The van der Waals surface area contributed by atoms with E-state index >= 15 is 0 Å². The van der Waals surface area contributed by atoms with Gasteiger partial charge >= 0.3 is 0 Å². The molecule has 0 aromatic rings. The summed E-state index contributed by atoms with van der Waals surface area (Å²) in [7, 11) is 0. The maximum absolute atomic E-state index is 13.6. The second-order valence-electron chi connectivity index (χ2n) is 10.6. The predicted molar refractivity (Wildman–Crippen MR) is 99.7 cm³/mol. The van der Waals surface area contributed by atoms with E-state index in [0.29, 0.717) is 30.1 Å². The van der Waals surface area contributed by atoms with Crippen LogP contribution in [0.1, 0.15) is 51.4 Å². The van der Waals surface area contributed by atoms with Crippen molar-refractivity contribution in [2.75, 3.05) is 32.8 Å². The van der Waals surface area contributed by atoms with Gasteiger partial charge in [0.15, 0.2) is 0 Å². The summed E-state index contributed by atoms with van der Waals surface area (Å²) in [6, 6.07) is 0. The van der Waals surface area contributed by atoms with E-state index in [-0.39, 0.29) is 11.5 Å². The first-order valence-corrected chi connectivity index (χ1v) is 11.3. The third-order valence-corrected chi connectivity index (χ3v) is 8.84. The Bertz CT molecular complexity index is 627. The van der Waals surface area contributed by atoms with E-state index in [0.717, 1.165) is 76.2 Å². The molecule has 5 heteroatoms. The molecule has 3 heterocycles. The van der Waals surface area contributed by atoms with Crippen molar-refractivity contribution >= 4 is 11.8 Å². The van der Waals surface area contributed by atoms with Gasteiger partial charge in [0, 0.05) is 44.4 Å². The van der Waals surface area contributed by atoms with Gasteiger partial charge in [0.25, 0.3) is 0 Å². The quantitative estimate of drug-likeness (QED) is 0.764. The molecule has 4 bridgehead atoms. The zero-order chi connectivity index (χ0) is 18.2. The lowest BCUT2D eigenvalue weighted by Crippen LogP contribution is -2.54. The number of likely N-dealkylation sites (tertiary alicyclic amines) is 2. The van der Waals surface area contributed by atoms with Crippen LogP contribution in [0.15, 0.2) is 0 Å². The fourth-order valence-electron chi connectivity index (χ4n) is 8.04. The maximum Gasteiger partial charge on any atom is 0.228 e. The number of ether oxygens (including phenoxy) is 1. The number of hydrogen-bond donors (Lipinski definition) is 0. The van der Waals surface area contributed by atoms with Crippen molar-refractivity contribution in [1.29, 1.82) is 0 Å². The van der Waals surface area contributed by atoms with E-state index < -0.39 is 0 Å². The Labute approximate surface area is 161 Å². The minimum Gasteiger partial charge on any atom is -0.376 e. The van der Waals surface area contributed by atoms with E-state index in [2.05, 4.69) is 4.90 Å². The first-order valence-electron chi connectivity index (χ1n) is 11.3. The van der Waals surface area contributed by atoms with Crippen molar-refractivity contribution in [2.24, 2.45) is 35.0 Å². The fraction of sp³-hybridized carbons (Fsp3) is 0.909. The second kappa shape index (κ2) is 5.95. The number of rotatable bonds is 3. The smallest absolute Gasteiger partial charge is 0.228 e. The Morgan fingerprint density at radius 2 is 1.78 bits per heavy atom. The molecule has 148 valence electrons. The number of amides is 2. The van der Waals surface area contributed by atoms with Crippen molar-refractivity contribution in [3.63, 3.8) is 0 Å². The highest BCUT2D eigenvalue weighted by molar-refractivity contribution is 5.83. The molecule has 0 N–H and O–H groups in total. The first-order chi connectivity index (χ1) is 13.1. The molecule has 3 atom stereocenters. The lowest BCUT2D eigenvalue weighted by atomic mass is 9.49. The largest absolute Gasteiger partial charge is 0.376 e. The molecule has 0 spiro atoms. The number of nitrogens with zero attached hydrogens (tertiary/aromatic N) is 2. The molecule has 4 saturated carbocycles. The molecule has 0 unspecified atom stereocenters. The van der Waals surface area contributed by atoms with Crippen LogP contribution >= 0.6 is 0 Å². The normalized spacial score (nSPS) is 47.9. The SMILES string of the molecule is O=C1CCCN1C[C@@H]1CO[C@@H]2CN(C(=O)C34CC5CC(CC(C5)C3)C4)C[C@H]12. The number of fused-ring (bicyclic) bond motifs is 1. The molecule has 5 nitrogen and oxygen atoms in total. The molecule has 0 aromatic carbocycles. The topological polar surface area (TPSA) is 49.9 Å². The Morgan fingerprint density at radius 1 is 1.07 bits per heavy atom. The summed E-state index contributed by atoms with van der Waals surface area (Å²) in [5, 5.41) is 0. The Morgan fingerprint density at radius 3 is 2.41 bits per heavy atom. The van der Waals surface area contributed by atoms with Crippen LogP contribution in [-0.2, 0) is 14.3 Å². The standard InChI is InChI=1S/C22H32N2O3/c25-20-2-1-3-23(20)10-17-13-27-19-12-24(11-18(17)19)21(26)22-7-14-4-15(8-22)6-16(5-14)9-22/h14-19H,1-13H2/t14?,15?,16?,17-,18-,19-,22?/m1/s1. The van der Waals surface area contributed by atoms with Crippen molar-refractivity contribution < 1.29 is 14.3 Å². The van der Waals surface area contributed by atoms with E-state index in [1.54, 1.807) is 0 Å². The molecular weight excluding hydrogens is 340 g/mol. The molecule has 27 heavy (non-hydrogen) atoms. The van der Waals surface area contributed by atoms with Crippen molar-refractivity contribution in [1.82, 2.24) is 9.80 Å². The molecule has 0 radical (unpaired) electrons. The van der Waals surface area contributed by atoms with Crippen LogP contribution in [-0.4, -0.2) is 60.5 Å². The Kier molecular flexibility index (Phi) is 3.71. The Hall–Kier alpha value is -1.10. The van der Waals surface area contributed by atoms with Gasteiger partial charge in [-0.05, 0) is 62.7 Å². The van der Waals surface area contributed by atoms with Gasteiger partial charge in [-0.3, -0.25) is 9.59 Å². The Balaban J connectivity index is 1.15. The summed E-state index contributed by atoms with van der Waals surface area (Å²) >= 11 is 0. The fourth-order valence-corrected chi connectivity index (χ4v) is 8.04. The first kappa shape index (κ1) is 16.8. The molecule has 7 rings (SSSR count). The van der Waals surface area contributed by atoms with Gasteiger partial charge in [-0.2, -0.15) is 0 Å². The van der Waals surface area contributed by atoms with Crippen LogP contribution < -0.4 is 0 Å². The summed E-state index contributed by atoms with van der Waals surface area (Å²) < 4.78 is 6.10. The minimum absolute atomic E-state index is 0.0339. The van der Waals surface area contributed by atoms with Gasteiger partial charge in [-0.15, -0.1) is 0 Å². The average molecular weight is 373 g/mol. The van der Waals surface area contributed by atoms with E-state index in [4.69, 9.17) is 4.74 Å². The zero-order valence-corrected chi connectivity index (χ0v) is 16.3. The van der Waals surface area contributed by atoms with Crippen LogP contribution in [0.2, 0.25) is 0 Å². The molecule has 3 saturated heterocycles. The molecular formula is C22H32N2O3. The predicted octanol–water partition coefficient (Wildman–Crippen LogP) is 2.30. The van der Waals surface area contributed by atoms with E-state index in [1.807, 2.05) is 4.90 Å². The highest BCUT2D eigenvalue weighted by Gasteiger charge is 2.57. The molecule has 4 aliphatic carbocycles. The van der Waals surface area contributed by atoms with E-state index in [1.165, 1.54) is 19.3 Å². The van der Waals surface area contributed by atoms with Gasteiger partial charge in [0.1, 0.15) is 0 Å². The third kappa shape index (κ3) is 2.60. The highest BCUT2D eigenvalue weighted by Crippen LogP contribution is 2.60. The summed E-state index contributed by atoms with van der Waals surface area (Å²) in [5.74, 6) is 4.03. The third-order valence-electron chi connectivity index (χ3n) is 8.84. The summed E-state index contributed by atoms with van der Waals surface area (Å²) in [5.41, 5.74) is -0.0339. The average Bonchev–Trinajstić information content (AvgIpc) is 3.31. The van der Waals surface area contributed by atoms with Crippen LogP contribution in [0.5, 0.6) is 0 Å². The van der Waals surface area contributed by atoms with Crippen molar-refractivity contribution in [2.45, 2.75) is 57.5 Å². The highest BCUT2D eigenvalue weighted by atomic mass is 16.5. The van der Waals surface area contributed by atoms with Crippen LogP contribution in [0, 0.1) is 35.0 Å². The van der Waals surface area contributed by atoms with Gasteiger partial charge in [-0.1, -0.05) is 0 Å². The maximum atomic E-state index is 13.6. The minimum atomic E-state index is -0.0339. The summed E-state index contributed by atoms with van der Waals surface area (Å²) in [6.45, 7) is 4.15. The van der Waals surface area contributed by atoms with E-state index in [9.17, 15) is 9.59 Å². The van der Waals surface area contributed by atoms with Crippen molar-refractivity contribution in [3.8, 4) is 0 Å². The summed E-state index contributed by atoms with van der Waals surface area (Å²) in [4.78, 5) is 29.8. The summed E-state index contributed by atoms with van der Waals surface area (Å²) in [6.07, 6.45) is 9.50. The number of carbonyl (C=O) groups is 2. The second-order valence-corrected chi connectivity index (χ2v) is 10.6. The molecule has 0 aromatic heterocycles. The van der Waals surface area contributed by atoms with Crippen molar-refractivity contribution in [3.05, 3.63) is 0 Å². The lowest BCUT2D eigenvalue weighted by Gasteiger charge is -2.56. The van der Waals surface area contributed by atoms with Gasteiger partial charge in [0.2, 0.25) is 11.8 Å². The van der Waals surface area contributed by atoms with Crippen LogP contribution in [0.3, 0.4) is 0 Å². The van der Waals surface area contributed by atoms with Gasteiger partial charge in [-0.25, -0.2) is 0 Å². The molecule has 7 fully saturated rings.